The molecule has 21 heavy (non-hydrogen) atoms. The van der Waals surface area contributed by atoms with Gasteiger partial charge < -0.3 is 5.11 Å². The summed E-state index contributed by atoms with van der Waals surface area (Å²) < 4.78 is 62.7. The van der Waals surface area contributed by atoms with Crippen molar-refractivity contribution in [3.63, 3.8) is 0 Å². The minimum Gasteiger partial charge on any atom is -0.508 e. The second-order valence-electron chi connectivity index (χ2n) is 4.63. The molecule has 1 N–H and O–H groups in total. The normalized spacial score (nSPS) is 12.7. The first kappa shape index (κ1) is 15.3. The van der Waals surface area contributed by atoms with Crippen LogP contribution in [0.1, 0.15) is 5.56 Å². The number of benzene rings is 1. The molecule has 0 aliphatic heterocycles. The summed E-state index contributed by atoms with van der Waals surface area (Å²) >= 11 is 0. The summed E-state index contributed by atoms with van der Waals surface area (Å²) in [6.07, 6.45) is -3.39. The van der Waals surface area contributed by atoms with Gasteiger partial charge in [-0.15, -0.1) is 0 Å². The number of alkyl halides is 5. The van der Waals surface area contributed by atoms with Crippen molar-refractivity contribution in [2.24, 2.45) is 0 Å². The molecule has 8 heteroatoms. The average Bonchev–Trinajstić information content (AvgIpc) is 2.79. The van der Waals surface area contributed by atoms with Crippen molar-refractivity contribution in [1.82, 2.24) is 9.78 Å². The Morgan fingerprint density at radius 3 is 2.38 bits per heavy atom. The van der Waals surface area contributed by atoms with Gasteiger partial charge in [-0.05, 0) is 24.1 Å². The maximum absolute atomic E-state index is 12.9. The van der Waals surface area contributed by atoms with Crippen LogP contribution >= 0.6 is 0 Å². The zero-order chi connectivity index (χ0) is 15.8. The predicted molar refractivity (Wildman–Crippen MR) is 65.1 cm³/mol. The van der Waals surface area contributed by atoms with Crippen LogP contribution in [0.3, 0.4) is 0 Å². The molecule has 0 bridgehead atoms. The first-order valence-corrected chi connectivity index (χ1v) is 5.87. The number of aromatic hydroxyl groups is 1. The van der Waals surface area contributed by atoms with Crippen LogP contribution in [0.5, 0.6) is 5.75 Å². The molecule has 114 valence electrons. The summed E-state index contributed by atoms with van der Waals surface area (Å²) in [4.78, 5) is 0. The van der Waals surface area contributed by atoms with E-state index < -0.39 is 18.6 Å². The molecule has 1 heterocycles. The second-order valence-corrected chi connectivity index (χ2v) is 4.63. The standard InChI is InChI=1S/C13H11F5N2O/c1-8-2-3-9(4-11(8)21)10-5-19-20(6-10)7-12(14,15)13(16,17)18/h2-6,21H,7H2,1H3. The van der Waals surface area contributed by atoms with Crippen LogP contribution in [0.25, 0.3) is 11.1 Å². The molecule has 0 radical (unpaired) electrons. The Morgan fingerprint density at radius 1 is 1.14 bits per heavy atom. The smallest absolute Gasteiger partial charge is 0.455 e. The van der Waals surface area contributed by atoms with Gasteiger partial charge in [-0.1, -0.05) is 12.1 Å². The first-order chi connectivity index (χ1) is 9.60. The fourth-order valence-corrected chi connectivity index (χ4v) is 1.68. The predicted octanol–water partition coefficient (Wildman–Crippen LogP) is 3.76. The SMILES string of the molecule is Cc1ccc(-c2cnn(CC(F)(F)C(F)(F)F)c2)cc1O. The van der Waals surface area contributed by atoms with E-state index >= 15 is 0 Å². The van der Waals surface area contributed by atoms with Crippen molar-refractivity contribution in [2.75, 3.05) is 0 Å². The average molecular weight is 306 g/mol. The Morgan fingerprint density at radius 2 is 1.81 bits per heavy atom. The summed E-state index contributed by atoms with van der Waals surface area (Å²) in [5, 5.41) is 13.1. The quantitative estimate of drug-likeness (QED) is 0.877. The van der Waals surface area contributed by atoms with Crippen LogP contribution in [-0.4, -0.2) is 27.0 Å². The molecule has 2 aromatic rings. The van der Waals surface area contributed by atoms with Gasteiger partial charge in [0.25, 0.3) is 0 Å². The summed E-state index contributed by atoms with van der Waals surface area (Å²) in [6, 6.07) is 4.60. The number of halogens is 5. The highest BCUT2D eigenvalue weighted by Gasteiger charge is 2.57. The zero-order valence-electron chi connectivity index (χ0n) is 10.8. The summed E-state index contributed by atoms with van der Waals surface area (Å²) in [6.45, 7) is 0.0841. The van der Waals surface area contributed by atoms with E-state index in [9.17, 15) is 27.1 Å². The van der Waals surface area contributed by atoms with Crippen LogP contribution in [0, 0.1) is 6.92 Å². The third-order valence-corrected chi connectivity index (χ3v) is 2.95. The molecule has 0 atom stereocenters. The van der Waals surface area contributed by atoms with Crippen molar-refractivity contribution < 1.29 is 27.1 Å². The Hall–Kier alpha value is -2.12. The first-order valence-electron chi connectivity index (χ1n) is 5.87. The number of aryl methyl sites for hydroxylation is 1. The lowest BCUT2D eigenvalue weighted by Crippen LogP contribution is -2.40. The third-order valence-electron chi connectivity index (χ3n) is 2.95. The number of aromatic nitrogens is 2. The van der Waals surface area contributed by atoms with Crippen LogP contribution in [0.15, 0.2) is 30.6 Å². The molecular formula is C13H11F5N2O. The van der Waals surface area contributed by atoms with E-state index in [4.69, 9.17) is 0 Å². The topological polar surface area (TPSA) is 38.0 Å². The van der Waals surface area contributed by atoms with E-state index in [1.807, 2.05) is 0 Å². The zero-order valence-corrected chi connectivity index (χ0v) is 10.8. The molecule has 0 aliphatic rings. The van der Waals surface area contributed by atoms with Crippen molar-refractivity contribution in [3.8, 4) is 16.9 Å². The van der Waals surface area contributed by atoms with Crippen LogP contribution < -0.4 is 0 Å². The van der Waals surface area contributed by atoms with Gasteiger partial charge >= 0.3 is 12.1 Å². The van der Waals surface area contributed by atoms with E-state index in [2.05, 4.69) is 5.10 Å². The Labute approximate surface area is 116 Å². The molecule has 0 amide bonds. The lowest BCUT2D eigenvalue weighted by Gasteiger charge is -2.19. The minimum absolute atomic E-state index is 0.000807. The van der Waals surface area contributed by atoms with E-state index in [1.54, 1.807) is 19.1 Å². The highest BCUT2D eigenvalue weighted by molar-refractivity contribution is 5.64. The fourth-order valence-electron chi connectivity index (χ4n) is 1.68. The summed E-state index contributed by atoms with van der Waals surface area (Å²) in [5.41, 5.74) is 1.43. The van der Waals surface area contributed by atoms with Crippen molar-refractivity contribution in [3.05, 3.63) is 36.2 Å². The number of nitrogens with zero attached hydrogens (tertiary/aromatic N) is 2. The molecule has 0 saturated heterocycles. The van der Waals surface area contributed by atoms with E-state index in [1.165, 1.54) is 6.07 Å². The van der Waals surface area contributed by atoms with Gasteiger partial charge in [0.15, 0.2) is 0 Å². The molecule has 1 aromatic carbocycles. The Balaban J connectivity index is 2.24. The molecular weight excluding hydrogens is 295 g/mol. The molecule has 0 aliphatic carbocycles. The van der Waals surface area contributed by atoms with Crippen LogP contribution in [0.4, 0.5) is 22.0 Å². The number of phenolic OH excluding ortho intramolecular Hbond substituents is 1. The summed E-state index contributed by atoms with van der Waals surface area (Å²) in [5.74, 6) is -4.85. The molecule has 1 aromatic heterocycles. The molecule has 3 nitrogen and oxygen atoms in total. The number of hydrogen-bond donors (Lipinski definition) is 1. The maximum Gasteiger partial charge on any atom is 0.455 e. The largest absolute Gasteiger partial charge is 0.508 e. The highest BCUT2D eigenvalue weighted by atomic mass is 19.4. The molecule has 2 rings (SSSR count). The van der Waals surface area contributed by atoms with Gasteiger partial charge in [0.2, 0.25) is 0 Å². The molecule has 0 saturated carbocycles. The van der Waals surface area contributed by atoms with Crippen molar-refractivity contribution >= 4 is 0 Å². The minimum atomic E-state index is -5.62. The van der Waals surface area contributed by atoms with Gasteiger partial charge in [0, 0.05) is 11.8 Å². The lowest BCUT2D eigenvalue weighted by molar-refractivity contribution is -0.287. The van der Waals surface area contributed by atoms with E-state index in [-0.39, 0.29) is 5.75 Å². The number of phenols is 1. The third kappa shape index (κ3) is 3.14. The Bertz CT molecular complexity index is 648. The van der Waals surface area contributed by atoms with Crippen LogP contribution in [-0.2, 0) is 6.54 Å². The summed E-state index contributed by atoms with van der Waals surface area (Å²) in [7, 11) is 0. The Kier molecular flexibility index (Phi) is 3.65. The fraction of sp³-hybridized carbons (Fsp3) is 0.308. The van der Waals surface area contributed by atoms with E-state index in [0.29, 0.717) is 21.4 Å². The monoisotopic (exact) mass is 306 g/mol. The lowest BCUT2D eigenvalue weighted by atomic mass is 10.1. The van der Waals surface area contributed by atoms with E-state index in [0.717, 1.165) is 12.4 Å². The molecule has 0 fully saturated rings. The molecule has 0 spiro atoms. The van der Waals surface area contributed by atoms with Gasteiger partial charge in [-0.3, -0.25) is 4.68 Å². The highest BCUT2D eigenvalue weighted by Crippen LogP contribution is 2.36. The second kappa shape index (κ2) is 5.01. The van der Waals surface area contributed by atoms with Gasteiger partial charge in [0.1, 0.15) is 12.3 Å². The number of rotatable bonds is 3. The number of hydrogen-bond acceptors (Lipinski definition) is 2. The van der Waals surface area contributed by atoms with Gasteiger partial charge in [0.05, 0.1) is 6.20 Å². The molecule has 0 unspecified atom stereocenters. The van der Waals surface area contributed by atoms with Crippen LogP contribution in [0.2, 0.25) is 0 Å². The van der Waals surface area contributed by atoms with Gasteiger partial charge in [-0.25, -0.2) is 0 Å². The van der Waals surface area contributed by atoms with Crippen molar-refractivity contribution in [1.29, 1.82) is 0 Å². The van der Waals surface area contributed by atoms with Gasteiger partial charge in [-0.2, -0.15) is 27.1 Å². The maximum atomic E-state index is 12.9. The van der Waals surface area contributed by atoms with Crippen molar-refractivity contribution in [2.45, 2.75) is 25.6 Å².